The number of benzene rings is 4. The van der Waals surface area contributed by atoms with Crippen molar-refractivity contribution >= 4 is 0 Å². The van der Waals surface area contributed by atoms with Gasteiger partial charge in [-0.15, -0.1) is 0 Å². The summed E-state index contributed by atoms with van der Waals surface area (Å²) in [5.41, 5.74) is 7.03. The van der Waals surface area contributed by atoms with E-state index < -0.39 is 0 Å². The van der Waals surface area contributed by atoms with Gasteiger partial charge < -0.3 is 0 Å². The van der Waals surface area contributed by atoms with Crippen LogP contribution in [0.15, 0.2) is 115 Å². The van der Waals surface area contributed by atoms with Crippen LogP contribution in [0.25, 0.3) is 0 Å². The van der Waals surface area contributed by atoms with E-state index in [2.05, 4.69) is 132 Å². The molecule has 4 aromatic carbocycles. The fraction of sp³-hybridized carbons (Fsp3) is 0.314. The Morgan fingerprint density at radius 1 is 0.486 bits per heavy atom. The van der Waals surface area contributed by atoms with E-state index in [1.165, 1.54) is 53.5 Å². The van der Waals surface area contributed by atoms with Crippen LogP contribution >= 0.6 is 0 Å². The predicted molar refractivity (Wildman–Crippen MR) is 155 cm³/mol. The molecule has 0 unspecified atom stereocenters. The van der Waals surface area contributed by atoms with Crippen molar-refractivity contribution in [3.8, 4) is 0 Å². The average molecular weight is 489 g/mol. The van der Waals surface area contributed by atoms with Crippen molar-refractivity contribution in [2.24, 2.45) is 0 Å². The zero-order chi connectivity index (χ0) is 25.3. The van der Waals surface area contributed by atoms with E-state index >= 15 is 0 Å². The minimum Gasteiger partial charge on any atom is -0.290 e. The third-order valence-electron chi connectivity index (χ3n) is 7.95. The van der Waals surface area contributed by atoms with Crippen molar-refractivity contribution in [3.05, 3.63) is 143 Å². The fourth-order valence-electron chi connectivity index (χ4n) is 5.98. The second-order valence-corrected chi connectivity index (χ2v) is 10.6. The Bertz CT molecular complexity index is 1160. The highest BCUT2D eigenvalue weighted by molar-refractivity contribution is 5.26. The van der Waals surface area contributed by atoms with Gasteiger partial charge in [0.15, 0.2) is 0 Å². The second-order valence-electron chi connectivity index (χ2n) is 10.6. The largest absolute Gasteiger partial charge is 0.290 e. The van der Waals surface area contributed by atoms with Gasteiger partial charge in [-0.2, -0.15) is 0 Å². The quantitative estimate of drug-likeness (QED) is 0.223. The molecule has 0 amide bonds. The Labute approximate surface area is 223 Å². The van der Waals surface area contributed by atoms with Gasteiger partial charge >= 0.3 is 0 Å². The monoisotopic (exact) mass is 488 g/mol. The van der Waals surface area contributed by atoms with Crippen LogP contribution in [0.2, 0.25) is 0 Å². The van der Waals surface area contributed by atoms with Crippen molar-refractivity contribution in [1.82, 2.24) is 9.80 Å². The van der Waals surface area contributed by atoms with E-state index in [9.17, 15) is 0 Å². The summed E-state index contributed by atoms with van der Waals surface area (Å²) in [5.74, 6) is 0. The highest BCUT2D eigenvalue weighted by atomic mass is 15.2. The summed E-state index contributed by atoms with van der Waals surface area (Å²) in [5, 5.41) is 0. The molecular formula is C35H40N2. The molecule has 1 fully saturated rings. The van der Waals surface area contributed by atoms with Crippen LogP contribution in [0.5, 0.6) is 0 Å². The number of nitrogens with zero attached hydrogens (tertiary/aromatic N) is 2. The molecule has 37 heavy (non-hydrogen) atoms. The van der Waals surface area contributed by atoms with Crippen LogP contribution in [0.3, 0.4) is 0 Å². The van der Waals surface area contributed by atoms with E-state index in [4.69, 9.17) is 0 Å². The molecule has 0 aliphatic heterocycles. The zero-order valence-corrected chi connectivity index (χ0v) is 22.2. The SMILES string of the molecule is Cc1ccccc1CN(Cc1ccccc1)[C@@H]1CCCC[C@H]1N(Cc1ccccc1)Cc1ccccc1. The number of aryl methyl sites for hydroxylation is 1. The molecule has 5 rings (SSSR count). The Morgan fingerprint density at radius 3 is 1.30 bits per heavy atom. The molecular weight excluding hydrogens is 448 g/mol. The third kappa shape index (κ3) is 6.97. The van der Waals surface area contributed by atoms with Crippen LogP contribution in [0, 0.1) is 6.92 Å². The van der Waals surface area contributed by atoms with Gasteiger partial charge in [0, 0.05) is 38.3 Å². The van der Waals surface area contributed by atoms with E-state index in [1.807, 2.05) is 0 Å². The first-order valence-electron chi connectivity index (χ1n) is 13.9. The van der Waals surface area contributed by atoms with Gasteiger partial charge in [-0.1, -0.05) is 128 Å². The highest BCUT2D eigenvalue weighted by Gasteiger charge is 2.34. The normalized spacial score (nSPS) is 17.8. The second kappa shape index (κ2) is 12.9. The van der Waals surface area contributed by atoms with Gasteiger partial charge in [0.05, 0.1) is 0 Å². The molecule has 0 bridgehead atoms. The highest BCUT2D eigenvalue weighted by Crippen LogP contribution is 2.32. The van der Waals surface area contributed by atoms with Crippen LogP contribution in [0.4, 0.5) is 0 Å². The summed E-state index contributed by atoms with van der Waals surface area (Å²) < 4.78 is 0. The molecule has 0 spiro atoms. The molecule has 2 nitrogen and oxygen atoms in total. The first-order chi connectivity index (χ1) is 18.3. The first kappa shape index (κ1) is 25.4. The van der Waals surface area contributed by atoms with Gasteiger partial charge in [0.1, 0.15) is 0 Å². The Hall–Kier alpha value is -3.20. The molecule has 1 saturated carbocycles. The maximum Gasteiger partial charge on any atom is 0.0258 e. The third-order valence-corrected chi connectivity index (χ3v) is 7.95. The van der Waals surface area contributed by atoms with E-state index in [0.717, 1.165) is 26.2 Å². The molecule has 0 radical (unpaired) electrons. The van der Waals surface area contributed by atoms with Crippen LogP contribution in [-0.4, -0.2) is 21.9 Å². The summed E-state index contributed by atoms with van der Waals surface area (Å²) >= 11 is 0. The Kier molecular flexibility index (Phi) is 8.84. The smallest absolute Gasteiger partial charge is 0.0258 e. The van der Waals surface area contributed by atoms with Crippen molar-refractivity contribution in [2.45, 2.75) is 70.9 Å². The Morgan fingerprint density at radius 2 is 0.865 bits per heavy atom. The van der Waals surface area contributed by atoms with E-state index in [1.54, 1.807) is 0 Å². The summed E-state index contributed by atoms with van der Waals surface area (Å²) in [6, 6.07) is 43.1. The molecule has 0 heterocycles. The van der Waals surface area contributed by atoms with Gasteiger partial charge in [0.25, 0.3) is 0 Å². The molecule has 2 heteroatoms. The van der Waals surface area contributed by atoms with Crippen LogP contribution < -0.4 is 0 Å². The van der Waals surface area contributed by atoms with E-state index in [0.29, 0.717) is 12.1 Å². The standard InChI is InChI=1S/C35H40N2/c1-29-15-11-12-22-33(29)28-37(27-32-20-9-4-10-21-32)35-24-14-13-23-34(35)36(25-30-16-5-2-6-17-30)26-31-18-7-3-8-19-31/h2-12,15-22,34-35H,13-14,23-28H2,1H3/t34-,35-/m1/s1. The number of rotatable bonds is 10. The molecule has 190 valence electrons. The lowest BCUT2D eigenvalue weighted by molar-refractivity contribution is 0.0295. The lowest BCUT2D eigenvalue weighted by Crippen LogP contribution is -2.52. The van der Waals surface area contributed by atoms with Gasteiger partial charge in [0.2, 0.25) is 0 Å². The van der Waals surface area contributed by atoms with Gasteiger partial charge in [-0.25, -0.2) is 0 Å². The topological polar surface area (TPSA) is 6.48 Å². The van der Waals surface area contributed by atoms with Crippen LogP contribution in [-0.2, 0) is 26.2 Å². The summed E-state index contributed by atoms with van der Waals surface area (Å²) in [4.78, 5) is 5.55. The molecule has 1 aliphatic rings. The molecule has 4 aromatic rings. The lowest BCUT2D eigenvalue weighted by atomic mass is 9.86. The summed E-state index contributed by atoms with van der Waals surface area (Å²) in [6.45, 7) is 6.21. The molecule has 0 N–H and O–H groups in total. The lowest BCUT2D eigenvalue weighted by Gasteiger charge is -2.45. The van der Waals surface area contributed by atoms with Crippen molar-refractivity contribution < 1.29 is 0 Å². The maximum absolute atomic E-state index is 2.78. The molecule has 0 saturated heterocycles. The fourth-order valence-corrected chi connectivity index (χ4v) is 5.98. The first-order valence-corrected chi connectivity index (χ1v) is 13.9. The Balaban J connectivity index is 1.47. The van der Waals surface area contributed by atoms with Crippen LogP contribution in [0.1, 0.15) is 53.5 Å². The minimum absolute atomic E-state index is 0.515. The van der Waals surface area contributed by atoms with Gasteiger partial charge in [-0.3, -0.25) is 9.80 Å². The summed E-state index contributed by atoms with van der Waals surface area (Å²) in [7, 11) is 0. The average Bonchev–Trinajstić information content (AvgIpc) is 2.95. The van der Waals surface area contributed by atoms with Crippen molar-refractivity contribution in [2.75, 3.05) is 0 Å². The minimum atomic E-state index is 0.515. The number of hydrogen-bond donors (Lipinski definition) is 0. The van der Waals surface area contributed by atoms with E-state index in [-0.39, 0.29) is 0 Å². The van der Waals surface area contributed by atoms with Gasteiger partial charge in [-0.05, 0) is 47.6 Å². The predicted octanol–water partition coefficient (Wildman–Crippen LogP) is 8.01. The maximum atomic E-state index is 2.78. The molecule has 2 atom stereocenters. The number of hydrogen-bond acceptors (Lipinski definition) is 2. The molecule has 1 aliphatic carbocycles. The summed E-state index contributed by atoms with van der Waals surface area (Å²) in [6.07, 6.45) is 5.13. The van der Waals surface area contributed by atoms with Crippen molar-refractivity contribution in [3.63, 3.8) is 0 Å². The zero-order valence-electron chi connectivity index (χ0n) is 22.2. The molecule has 0 aromatic heterocycles. The van der Waals surface area contributed by atoms with Crippen molar-refractivity contribution in [1.29, 1.82) is 0 Å².